The van der Waals surface area contributed by atoms with E-state index in [1.54, 1.807) is 24.9 Å². The molecule has 8 nitrogen and oxygen atoms in total. The van der Waals surface area contributed by atoms with Gasteiger partial charge in [-0.15, -0.1) is 0 Å². The molecule has 2 aromatic rings. The van der Waals surface area contributed by atoms with Gasteiger partial charge in [-0.1, -0.05) is 11.6 Å². The predicted molar refractivity (Wildman–Crippen MR) is 88.2 cm³/mol. The number of hydrogen-bond donors (Lipinski definition) is 1. The highest BCUT2D eigenvalue weighted by molar-refractivity contribution is 7.89. The van der Waals surface area contributed by atoms with Crippen LogP contribution in [0.25, 0.3) is 0 Å². The van der Waals surface area contributed by atoms with Crippen molar-refractivity contribution in [3.63, 3.8) is 0 Å². The molecule has 0 radical (unpaired) electrons. The summed E-state index contributed by atoms with van der Waals surface area (Å²) in [5.74, 6) is 0. The summed E-state index contributed by atoms with van der Waals surface area (Å²) in [5, 5.41) is 8.30. The van der Waals surface area contributed by atoms with Gasteiger partial charge in [0.1, 0.15) is 16.2 Å². The molecule has 0 aliphatic carbocycles. The average molecular weight is 374 g/mol. The molecule has 0 bridgehead atoms. The van der Waals surface area contributed by atoms with E-state index in [0.29, 0.717) is 18.7 Å². The number of nitrogens with zero attached hydrogens (tertiary/aromatic N) is 4. The zero-order chi connectivity index (χ0) is 17.5. The Balaban J connectivity index is 1.89. The van der Waals surface area contributed by atoms with Gasteiger partial charge in [0.15, 0.2) is 0 Å². The Hall–Kier alpha value is -1.42. The molecule has 2 atom stereocenters. The number of ether oxygens (including phenoxy) is 1. The van der Waals surface area contributed by atoms with Crippen molar-refractivity contribution in [1.82, 2.24) is 24.3 Å². The van der Waals surface area contributed by atoms with Gasteiger partial charge >= 0.3 is 0 Å². The van der Waals surface area contributed by atoms with Crippen LogP contribution in [-0.2, 0) is 28.9 Å². The smallest absolute Gasteiger partial charge is 0.245 e. The third-order valence-electron chi connectivity index (χ3n) is 4.05. The maximum atomic E-state index is 12.8. The van der Waals surface area contributed by atoms with Gasteiger partial charge in [-0.05, 0) is 19.8 Å². The van der Waals surface area contributed by atoms with Crippen molar-refractivity contribution in [2.45, 2.75) is 36.8 Å². The van der Waals surface area contributed by atoms with Crippen molar-refractivity contribution in [3.05, 3.63) is 28.8 Å². The van der Waals surface area contributed by atoms with Crippen LogP contribution in [0.2, 0.25) is 5.15 Å². The summed E-state index contributed by atoms with van der Waals surface area (Å²) in [5.41, 5.74) is 1.21. The van der Waals surface area contributed by atoms with Gasteiger partial charge in [0, 0.05) is 32.5 Å². The van der Waals surface area contributed by atoms with E-state index < -0.39 is 10.0 Å². The predicted octanol–water partition coefficient (Wildman–Crippen LogP) is 1.31. The largest absolute Gasteiger partial charge is 0.372 e. The quantitative estimate of drug-likeness (QED) is 0.872. The van der Waals surface area contributed by atoms with Crippen LogP contribution in [0.5, 0.6) is 0 Å². The maximum Gasteiger partial charge on any atom is 0.245 e. The van der Waals surface area contributed by atoms with E-state index in [-0.39, 0.29) is 22.2 Å². The lowest BCUT2D eigenvalue weighted by Crippen LogP contribution is -2.42. The lowest BCUT2D eigenvalue weighted by atomic mass is 9.99. The summed E-state index contributed by atoms with van der Waals surface area (Å²) in [6.07, 6.45) is 4.61. The average Bonchev–Trinajstić information content (AvgIpc) is 3.03. The second-order valence-electron chi connectivity index (χ2n) is 5.94. The molecule has 0 unspecified atom stereocenters. The standard InChI is InChI=1S/C14H20ClN5O3S/c1-9-13(14(15)20(3)17-9)24(21,22)18-11-5-4-6-23-12(11)10-7-16-19(2)8-10/h7-8,11-12,18H,4-6H2,1-3H3/t11-,12+/m0/s1. The second kappa shape index (κ2) is 6.47. The third-order valence-corrected chi connectivity index (χ3v) is 6.24. The zero-order valence-corrected chi connectivity index (χ0v) is 15.3. The Morgan fingerprint density at radius 3 is 2.75 bits per heavy atom. The molecule has 1 saturated heterocycles. The Kier molecular flexibility index (Phi) is 4.69. The summed E-state index contributed by atoms with van der Waals surface area (Å²) in [6.45, 7) is 2.21. The molecule has 1 aliphatic rings. The number of aromatic nitrogens is 4. The Bertz CT molecular complexity index is 845. The van der Waals surface area contributed by atoms with Crippen LogP contribution >= 0.6 is 11.6 Å². The molecule has 0 spiro atoms. The number of halogens is 1. The van der Waals surface area contributed by atoms with Gasteiger partial charge in [-0.25, -0.2) is 13.1 Å². The molecular formula is C14H20ClN5O3S. The summed E-state index contributed by atoms with van der Waals surface area (Å²) in [6, 6.07) is -0.386. The number of sulfonamides is 1. The van der Waals surface area contributed by atoms with E-state index in [1.807, 2.05) is 13.2 Å². The number of hydrogen-bond acceptors (Lipinski definition) is 5. The van der Waals surface area contributed by atoms with E-state index in [9.17, 15) is 8.42 Å². The van der Waals surface area contributed by atoms with Gasteiger partial charge < -0.3 is 4.74 Å². The summed E-state index contributed by atoms with van der Waals surface area (Å²) >= 11 is 6.11. The van der Waals surface area contributed by atoms with Gasteiger partial charge in [0.05, 0.1) is 17.9 Å². The van der Waals surface area contributed by atoms with E-state index >= 15 is 0 Å². The lowest BCUT2D eigenvalue weighted by molar-refractivity contribution is -0.00446. The van der Waals surface area contributed by atoms with Crippen LogP contribution < -0.4 is 4.72 Å². The van der Waals surface area contributed by atoms with E-state index in [0.717, 1.165) is 12.0 Å². The summed E-state index contributed by atoms with van der Waals surface area (Å²) < 4.78 is 37.2. The van der Waals surface area contributed by atoms with Crippen LogP contribution in [-0.4, -0.2) is 40.6 Å². The molecule has 3 heterocycles. The molecule has 0 aromatic carbocycles. The highest BCUT2D eigenvalue weighted by atomic mass is 35.5. The lowest BCUT2D eigenvalue weighted by Gasteiger charge is -2.31. The first-order chi connectivity index (χ1) is 11.3. The number of aryl methyl sites for hydroxylation is 3. The Labute approximate surface area is 145 Å². The molecule has 1 N–H and O–H groups in total. The molecule has 0 amide bonds. The molecule has 132 valence electrons. The fraction of sp³-hybridized carbons (Fsp3) is 0.571. The van der Waals surface area contributed by atoms with Crippen LogP contribution in [0, 0.1) is 6.92 Å². The van der Waals surface area contributed by atoms with E-state index in [4.69, 9.17) is 16.3 Å². The molecule has 0 saturated carbocycles. The van der Waals surface area contributed by atoms with Gasteiger partial charge in [-0.3, -0.25) is 9.36 Å². The SMILES string of the molecule is Cc1nn(C)c(Cl)c1S(=O)(=O)N[C@H]1CCCO[C@@H]1c1cnn(C)c1. The first kappa shape index (κ1) is 17.4. The third kappa shape index (κ3) is 3.21. The van der Waals surface area contributed by atoms with Crippen molar-refractivity contribution in [2.75, 3.05) is 6.61 Å². The van der Waals surface area contributed by atoms with Crippen LogP contribution in [0.3, 0.4) is 0 Å². The van der Waals surface area contributed by atoms with Crippen molar-refractivity contribution >= 4 is 21.6 Å². The molecular weight excluding hydrogens is 354 g/mol. The van der Waals surface area contributed by atoms with E-state index in [2.05, 4.69) is 14.9 Å². The van der Waals surface area contributed by atoms with Crippen molar-refractivity contribution in [2.24, 2.45) is 14.1 Å². The van der Waals surface area contributed by atoms with Gasteiger partial charge in [0.2, 0.25) is 10.0 Å². The minimum atomic E-state index is -3.81. The molecule has 3 rings (SSSR count). The molecule has 2 aromatic heterocycles. The van der Waals surface area contributed by atoms with Crippen LogP contribution in [0.4, 0.5) is 0 Å². The fourth-order valence-corrected chi connectivity index (χ4v) is 5.01. The maximum absolute atomic E-state index is 12.8. The zero-order valence-electron chi connectivity index (χ0n) is 13.7. The Morgan fingerprint density at radius 2 is 2.17 bits per heavy atom. The second-order valence-corrected chi connectivity index (χ2v) is 7.95. The molecule has 24 heavy (non-hydrogen) atoms. The Morgan fingerprint density at radius 1 is 1.42 bits per heavy atom. The topological polar surface area (TPSA) is 91.0 Å². The first-order valence-corrected chi connectivity index (χ1v) is 9.47. The molecule has 1 fully saturated rings. The van der Waals surface area contributed by atoms with Gasteiger partial charge in [0.25, 0.3) is 0 Å². The highest BCUT2D eigenvalue weighted by Gasteiger charge is 2.34. The minimum Gasteiger partial charge on any atom is -0.372 e. The van der Waals surface area contributed by atoms with Crippen molar-refractivity contribution in [1.29, 1.82) is 0 Å². The minimum absolute atomic E-state index is 0.0159. The van der Waals surface area contributed by atoms with Gasteiger partial charge in [-0.2, -0.15) is 10.2 Å². The monoisotopic (exact) mass is 373 g/mol. The highest BCUT2D eigenvalue weighted by Crippen LogP contribution is 2.31. The first-order valence-electron chi connectivity index (χ1n) is 7.61. The fourth-order valence-electron chi connectivity index (χ4n) is 2.99. The van der Waals surface area contributed by atoms with Crippen LogP contribution in [0.1, 0.15) is 30.2 Å². The van der Waals surface area contributed by atoms with Crippen molar-refractivity contribution in [3.8, 4) is 0 Å². The summed E-state index contributed by atoms with van der Waals surface area (Å²) in [4.78, 5) is 0.0159. The van der Waals surface area contributed by atoms with Crippen LogP contribution in [0.15, 0.2) is 17.3 Å². The normalized spacial score (nSPS) is 22.0. The number of rotatable bonds is 4. The summed E-state index contributed by atoms with van der Waals surface area (Å²) in [7, 11) is -0.390. The molecule has 1 aliphatic heterocycles. The van der Waals surface area contributed by atoms with E-state index in [1.165, 1.54) is 4.68 Å². The van der Waals surface area contributed by atoms with Crippen molar-refractivity contribution < 1.29 is 13.2 Å². The molecule has 10 heteroatoms. The number of nitrogens with one attached hydrogen (secondary N) is 1.